The standard InChI is InChI=1S/C20H26N2O8/c1-5-29-20(26)19-12(4)21-11(3)18(19)16(24)9-30-17(25)7-13-14(8-22(27)28)10(2)6-15(13)23/h10,13-14,21H,5-9H2,1-4H3/t10-,13+,14-/m1/s1. The maximum Gasteiger partial charge on any atom is 0.340 e. The lowest BCUT2D eigenvalue weighted by Crippen LogP contribution is -2.28. The summed E-state index contributed by atoms with van der Waals surface area (Å²) >= 11 is 0. The Labute approximate surface area is 173 Å². The normalized spacial score (nSPS) is 20.8. The average Bonchev–Trinajstić information content (AvgIpc) is 3.08. The van der Waals surface area contributed by atoms with Crippen molar-refractivity contribution in [1.82, 2.24) is 4.98 Å². The molecule has 1 heterocycles. The van der Waals surface area contributed by atoms with E-state index in [1.54, 1.807) is 27.7 Å². The Morgan fingerprint density at radius 1 is 1.17 bits per heavy atom. The highest BCUT2D eigenvalue weighted by Crippen LogP contribution is 2.36. The Kier molecular flexibility index (Phi) is 7.47. The maximum absolute atomic E-state index is 12.6. The molecule has 3 atom stereocenters. The van der Waals surface area contributed by atoms with E-state index in [4.69, 9.17) is 9.47 Å². The number of hydrogen-bond acceptors (Lipinski definition) is 8. The smallest absolute Gasteiger partial charge is 0.340 e. The van der Waals surface area contributed by atoms with Gasteiger partial charge in [0.1, 0.15) is 5.78 Å². The van der Waals surface area contributed by atoms with E-state index < -0.39 is 47.6 Å². The largest absolute Gasteiger partial charge is 0.462 e. The Balaban J connectivity index is 2.05. The summed E-state index contributed by atoms with van der Waals surface area (Å²) in [6.07, 6.45) is -0.134. The molecule has 0 aliphatic heterocycles. The number of aryl methyl sites for hydroxylation is 2. The number of nitrogens with one attached hydrogen (secondary N) is 1. The number of H-pyrrole nitrogens is 1. The number of aromatic amines is 1. The highest BCUT2D eigenvalue weighted by atomic mass is 16.6. The lowest BCUT2D eigenvalue weighted by atomic mass is 9.88. The number of aromatic nitrogens is 1. The lowest BCUT2D eigenvalue weighted by molar-refractivity contribution is -0.490. The van der Waals surface area contributed by atoms with E-state index in [-0.39, 0.29) is 42.3 Å². The zero-order chi connectivity index (χ0) is 22.6. The van der Waals surface area contributed by atoms with Gasteiger partial charge in [0, 0.05) is 34.6 Å². The van der Waals surface area contributed by atoms with Gasteiger partial charge in [-0.2, -0.15) is 0 Å². The first-order chi connectivity index (χ1) is 14.1. The molecule has 30 heavy (non-hydrogen) atoms. The van der Waals surface area contributed by atoms with Gasteiger partial charge in [-0.15, -0.1) is 0 Å². The summed E-state index contributed by atoms with van der Waals surface area (Å²) in [7, 11) is 0. The molecule has 1 aliphatic carbocycles. The monoisotopic (exact) mass is 422 g/mol. The van der Waals surface area contributed by atoms with Crippen molar-refractivity contribution in [2.45, 2.75) is 40.5 Å². The van der Waals surface area contributed by atoms with E-state index in [0.717, 1.165) is 0 Å². The topological polar surface area (TPSA) is 146 Å². The van der Waals surface area contributed by atoms with Crippen LogP contribution in [-0.4, -0.2) is 53.2 Å². The molecular formula is C20H26N2O8. The maximum atomic E-state index is 12.6. The third-order valence-corrected chi connectivity index (χ3v) is 5.43. The van der Waals surface area contributed by atoms with E-state index >= 15 is 0 Å². The molecule has 0 spiro atoms. The van der Waals surface area contributed by atoms with Gasteiger partial charge >= 0.3 is 11.9 Å². The molecule has 0 unspecified atom stereocenters. The minimum absolute atomic E-state index is 0.0931. The summed E-state index contributed by atoms with van der Waals surface area (Å²) in [5.41, 5.74) is 1.10. The lowest BCUT2D eigenvalue weighted by Gasteiger charge is -2.17. The molecule has 0 bridgehead atoms. The summed E-state index contributed by atoms with van der Waals surface area (Å²) in [6, 6.07) is 0. The van der Waals surface area contributed by atoms with Gasteiger partial charge in [0.2, 0.25) is 12.3 Å². The summed E-state index contributed by atoms with van der Waals surface area (Å²) in [4.78, 5) is 62.5. The fourth-order valence-corrected chi connectivity index (χ4v) is 4.04. The van der Waals surface area contributed by atoms with E-state index in [2.05, 4.69) is 4.98 Å². The number of nitro groups is 1. The molecule has 1 N–H and O–H groups in total. The van der Waals surface area contributed by atoms with E-state index in [9.17, 15) is 29.3 Å². The minimum atomic E-state index is -0.792. The fraction of sp³-hybridized carbons (Fsp3) is 0.600. The number of ether oxygens (including phenoxy) is 2. The van der Waals surface area contributed by atoms with Crippen molar-refractivity contribution >= 4 is 23.5 Å². The van der Waals surface area contributed by atoms with Gasteiger partial charge in [0.05, 0.1) is 24.2 Å². The van der Waals surface area contributed by atoms with Crippen LogP contribution in [0.2, 0.25) is 0 Å². The molecule has 0 aromatic carbocycles. The molecule has 1 aromatic rings. The number of Topliss-reactive ketones (excluding diaryl/α,β-unsaturated/α-hetero) is 2. The summed E-state index contributed by atoms with van der Waals surface area (Å²) in [5, 5.41) is 10.9. The quantitative estimate of drug-likeness (QED) is 0.275. The molecule has 1 fully saturated rings. The molecule has 164 valence electrons. The number of carbonyl (C=O) groups excluding carboxylic acids is 4. The van der Waals surface area contributed by atoms with Crippen LogP contribution >= 0.6 is 0 Å². The van der Waals surface area contributed by atoms with Crippen LogP contribution in [0.1, 0.15) is 58.8 Å². The third-order valence-electron chi connectivity index (χ3n) is 5.43. The second-order valence-electron chi connectivity index (χ2n) is 7.57. The minimum Gasteiger partial charge on any atom is -0.462 e. The molecule has 2 rings (SSSR count). The van der Waals surface area contributed by atoms with E-state index in [0.29, 0.717) is 11.4 Å². The Bertz CT molecular complexity index is 872. The molecule has 10 nitrogen and oxygen atoms in total. The molecule has 0 radical (unpaired) electrons. The van der Waals surface area contributed by atoms with Crippen molar-refractivity contribution in [2.24, 2.45) is 17.8 Å². The van der Waals surface area contributed by atoms with Crippen molar-refractivity contribution < 1.29 is 33.6 Å². The number of rotatable bonds is 9. The zero-order valence-electron chi connectivity index (χ0n) is 17.5. The number of carbonyl (C=O) groups is 4. The number of nitrogens with zero attached hydrogens (tertiary/aromatic N) is 1. The van der Waals surface area contributed by atoms with E-state index in [1.807, 2.05) is 0 Å². The third kappa shape index (κ3) is 5.11. The molecule has 1 saturated carbocycles. The zero-order valence-corrected chi connectivity index (χ0v) is 17.5. The molecule has 0 amide bonds. The predicted molar refractivity (Wildman–Crippen MR) is 104 cm³/mol. The first-order valence-corrected chi connectivity index (χ1v) is 9.76. The Morgan fingerprint density at radius 2 is 1.80 bits per heavy atom. The first-order valence-electron chi connectivity index (χ1n) is 9.76. The van der Waals surface area contributed by atoms with Gasteiger partial charge in [-0.3, -0.25) is 24.5 Å². The average molecular weight is 422 g/mol. The first kappa shape index (κ1) is 23.2. The van der Waals surface area contributed by atoms with Crippen LogP contribution in [0.25, 0.3) is 0 Å². The van der Waals surface area contributed by atoms with Gasteiger partial charge in [-0.25, -0.2) is 4.79 Å². The SMILES string of the molecule is CCOC(=O)c1c(C)[nH]c(C)c1C(=O)COC(=O)C[C@@H]1C(=O)C[C@@H](C)[C@H]1C[N+](=O)[O-]. The van der Waals surface area contributed by atoms with Gasteiger partial charge in [0.25, 0.3) is 0 Å². The summed E-state index contributed by atoms with van der Waals surface area (Å²) in [6.45, 7) is 5.77. The predicted octanol–water partition coefficient (Wildman–Crippen LogP) is 2.04. The Hall–Kier alpha value is -3.04. The molecule has 10 heteroatoms. The molecule has 1 aliphatic rings. The Morgan fingerprint density at radius 3 is 2.40 bits per heavy atom. The second kappa shape index (κ2) is 9.64. The number of hydrogen-bond donors (Lipinski definition) is 1. The highest BCUT2D eigenvalue weighted by Gasteiger charge is 2.44. The van der Waals surface area contributed by atoms with Gasteiger partial charge in [-0.05, 0) is 26.7 Å². The van der Waals surface area contributed by atoms with Crippen LogP contribution in [0.15, 0.2) is 0 Å². The van der Waals surface area contributed by atoms with Crippen molar-refractivity contribution in [3.63, 3.8) is 0 Å². The molecule has 1 aromatic heterocycles. The van der Waals surface area contributed by atoms with Gasteiger partial charge < -0.3 is 14.5 Å². The van der Waals surface area contributed by atoms with E-state index in [1.165, 1.54) is 0 Å². The highest BCUT2D eigenvalue weighted by molar-refractivity contribution is 6.09. The van der Waals surface area contributed by atoms with Crippen molar-refractivity contribution in [1.29, 1.82) is 0 Å². The number of esters is 2. The van der Waals surface area contributed by atoms with Gasteiger partial charge in [0.15, 0.2) is 6.61 Å². The summed E-state index contributed by atoms with van der Waals surface area (Å²) < 4.78 is 10.0. The van der Waals surface area contributed by atoms with Crippen LogP contribution in [0.3, 0.4) is 0 Å². The molecule has 0 saturated heterocycles. The second-order valence-corrected chi connectivity index (χ2v) is 7.57. The van der Waals surface area contributed by atoms with Gasteiger partial charge in [-0.1, -0.05) is 6.92 Å². The molecular weight excluding hydrogens is 396 g/mol. The van der Waals surface area contributed by atoms with Crippen molar-refractivity contribution in [2.75, 3.05) is 19.8 Å². The van der Waals surface area contributed by atoms with Crippen molar-refractivity contribution in [3.8, 4) is 0 Å². The van der Waals surface area contributed by atoms with Crippen LogP contribution in [0.5, 0.6) is 0 Å². The number of ketones is 2. The van der Waals surface area contributed by atoms with Crippen LogP contribution in [0, 0.1) is 41.7 Å². The van der Waals surface area contributed by atoms with Crippen LogP contribution < -0.4 is 0 Å². The summed E-state index contributed by atoms with van der Waals surface area (Å²) in [5.74, 6) is -3.76. The van der Waals surface area contributed by atoms with Crippen molar-refractivity contribution in [3.05, 3.63) is 32.6 Å². The van der Waals surface area contributed by atoms with Crippen LogP contribution in [0.4, 0.5) is 0 Å². The fourth-order valence-electron chi connectivity index (χ4n) is 4.04. The van der Waals surface area contributed by atoms with Crippen LogP contribution in [-0.2, 0) is 19.1 Å².